The zero-order chi connectivity index (χ0) is 21.8. The van der Waals surface area contributed by atoms with E-state index in [1.807, 2.05) is 53.2 Å². The molecule has 4 amide bonds. The summed E-state index contributed by atoms with van der Waals surface area (Å²) in [6, 6.07) is 9.51. The van der Waals surface area contributed by atoms with Crippen molar-refractivity contribution in [1.29, 1.82) is 0 Å². The van der Waals surface area contributed by atoms with Crippen LogP contribution in [0, 0.1) is 0 Å². The number of aromatic nitrogens is 2. The Kier molecular flexibility index (Phi) is 6.03. The molecule has 2 fully saturated rings. The third-order valence-corrected chi connectivity index (χ3v) is 5.85. The lowest BCUT2D eigenvalue weighted by Crippen LogP contribution is -2.52. The molecule has 1 aromatic carbocycles. The van der Waals surface area contributed by atoms with E-state index in [1.165, 1.54) is 0 Å². The predicted octanol–water partition coefficient (Wildman–Crippen LogP) is 1.65. The third-order valence-electron chi connectivity index (χ3n) is 5.85. The molecule has 0 atom stereocenters. The van der Waals surface area contributed by atoms with Crippen LogP contribution in [0.15, 0.2) is 42.7 Å². The fourth-order valence-electron chi connectivity index (χ4n) is 4.33. The number of imide groups is 1. The van der Waals surface area contributed by atoms with E-state index >= 15 is 0 Å². The van der Waals surface area contributed by atoms with Crippen molar-refractivity contribution in [1.82, 2.24) is 30.4 Å². The molecule has 1 saturated carbocycles. The SMILES string of the molecule is CN(CC(=O)NN1C(=O)NC2(CCCCC2)C1=O)Cc1cnn(Cc2ccccc2)c1. The minimum absolute atomic E-state index is 0.0495. The van der Waals surface area contributed by atoms with Gasteiger partial charge < -0.3 is 5.32 Å². The van der Waals surface area contributed by atoms with Crippen molar-refractivity contribution in [3.63, 3.8) is 0 Å². The van der Waals surface area contributed by atoms with Crippen LogP contribution in [0.1, 0.15) is 43.2 Å². The number of hydrogen-bond donors (Lipinski definition) is 2. The highest BCUT2D eigenvalue weighted by Gasteiger charge is 2.52. The van der Waals surface area contributed by atoms with Gasteiger partial charge in [0, 0.05) is 18.3 Å². The lowest BCUT2D eigenvalue weighted by atomic mass is 9.82. The molecule has 1 aliphatic heterocycles. The van der Waals surface area contributed by atoms with Crippen molar-refractivity contribution in [2.45, 2.75) is 50.7 Å². The summed E-state index contributed by atoms with van der Waals surface area (Å²) in [6.45, 7) is 1.25. The topological polar surface area (TPSA) is 99.6 Å². The second-order valence-corrected chi connectivity index (χ2v) is 8.45. The van der Waals surface area contributed by atoms with Gasteiger partial charge in [-0.25, -0.2) is 4.79 Å². The number of benzene rings is 1. The van der Waals surface area contributed by atoms with E-state index in [0.29, 0.717) is 25.9 Å². The molecule has 1 saturated heterocycles. The summed E-state index contributed by atoms with van der Waals surface area (Å²) in [4.78, 5) is 39.3. The summed E-state index contributed by atoms with van der Waals surface area (Å²) in [5.74, 6) is -0.758. The maximum absolute atomic E-state index is 12.8. The highest BCUT2D eigenvalue weighted by atomic mass is 16.2. The van der Waals surface area contributed by atoms with Crippen LogP contribution in [0.2, 0.25) is 0 Å². The number of amides is 4. The molecule has 1 aromatic heterocycles. The van der Waals surface area contributed by atoms with Gasteiger partial charge in [0.2, 0.25) is 0 Å². The van der Waals surface area contributed by atoms with Gasteiger partial charge in [-0.1, -0.05) is 49.6 Å². The first-order valence-corrected chi connectivity index (χ1v) is 10.7. The highest BCUT2D eigenvalue weighted by molar-refractivity contribution is 6.08. The van der Waals surface area contributed by atoms with Crippen LogP contribution in [0.4, 0.5) is 4.79 Å². The van der Waals surface area contributed by atoms with E-state index in [1.54, 1.807) is 6.20 Å². The van der Waals surface area contributed by atoms with Gasteiger partial charge in [-0.2, -0.15) is 10.1 Å². The maximum Gasteiger partial charge on any atom is 0.344 e. The third kappa shape index (κ3) is 4.77. The van der Waals surface area contributed by atoms with E-state index in [4.69, 9.17) is 0 Å². The Morgan fingerprint density at radius 1 is 1.16 bits per heavy atom. The summed E-state index contributed by atoms with van der Waals surface area (Å²) >= 11 is 0. The summed E-state index contributed by atoms with van der Waals surface area (Å²) < 4.78 is 1.86. The summed E-state index contributed by atoms with van der Waals surface area (Å²) in [5, 5.41) is 8.01. The molecule has 0 radical (unpaired) electrons. The van der Waals surface area contributed by atoms with Crippen LogP contribution >= 0.6 is 0 Å². The largest absolute Gasteiger partial charge is 0.344 e. The molecule has 31 heavy (non-hydrogen) atoms. The Bertz CT molecular complexity index is 951. The van der Waals surface area contributed by atoms with Crippen LogP contribution in [-0.2, 0) is 22.7 Å². The number of likely N-dealkylation sites (N-methyl/N-ethyl adjacent to an activating group) is 1. The molecular weight excluding hydrogens is 396 g/mol. The molecule has 4 rings (SSSR count). The van der Waals surface area contributed by atoms with Crippen molar-refractivity contribution in [2.24, 2.45) is 0 Å². The molecule has 9 nitrogen and oxygen atoms in total. The molecule has 9 heteroatoms. The van der Waals surface area contributed by atoms with Gasteiger partial charge in [-0.3, -0.25) is 24.6 Å². The lowest BCUT2D eigenvalue weighted by Gasteiger charge is -2.30. The van der Waals surface area contributed by atoms with Crippen molar-refractivity contribution in [3.8, 4) is 0 Å². The monoisotopic (exact) mass is 424 g/mol. The average Bonchev–Trinajstić information content (AvgIpc) is 3.27. The summed E-state index contributed by atoms with van der Waals surface area (Å²) in [6.07, 6.45) is 7.83. The minimum Gasteiger partial charge on any atom is -0.322 e. The fraction of sp³-hybridized carbons (Fsp3) is 0.455. The van der Waals surface area contributed by atoms with Gasteiger partial charge in [-0.15, -0.1) is 0 Å². The van der Waals surface area contributed by atoms with Gasteiger partial charge in [-0.05, 0) is 25.5 Å². The van der Waals surface area contributed by atoms with Crippen LogP contribution < -0.4 is 10.7 Å². The lowest BCUT2D eigenvalue weighted by molar-refractivity contribution is -0.140. The van der Waals surface area contributed by atoms with Gasteiger partial charge in [0.15, 0.2) is 0 Å². The molecule has 2 aliphatic rings. The zero-order valence-corrected chi connectivity index (χ0v) is 17.7. The van der Waals surface area contributed by atoms with Crippen LogP contribution in [0.25, 0.3) is 0 Å². The van der Waals surface area contributed by atoms with E-state index in [9.17, 15) is 14.4 Å². The van der Waals surface area contributed by atoms with Crippen molar-refractivity contribution < 1.29 is 14.4 Å². The quantitative estimate of drug-likeness (QED) is 0.659. The van der Waals surface area contributed by atoms with Gasteiger partial charge in [0.1, 0.15) is 5.54 Å². The number of carbonyl (C=O) groups is 3. The number of hydrazine groups is 1. The van der Waals surface area contributed by atoms with E-state index in [2.05, 4.69) is 15.8 Å². The number of carbonyl (C=O) groups excluding carboxylic acids is 3. The standard InChI is InChI=1S/C22H28N6O3/c1-26(13-18-12-23-27(15-18)14-17-8-4-2-5-9-17)16-19(29)25-28-20(30)22(24-21(28)31)10-6-3-7-11-22/h2,4-5,8-9,12,15H,3,6-7,10-11,13-14,16H2,1H3,(H,24,31)(H,25,29). The Morgan fingerprint density at radius 2 is 1.90 bits per heavy atom. The molecule has 2 heterocycles. The summed E-state index contributed by atoms with van der Waals surface area (Å²) in [7, 11) is 1.81. The first-order valence-electron chi connectivity index (χ1n) is 10.7. The Morgan fingerprint density at radius 3 is 2.65 bits per heavy atom. The second kappa shape index (κ2) is 8.89. The Labute approximate surface area is 181 Å². The van der Waals surface area contributed by atoms with E-state index < -0.39 is 17.5 Å². The number of urea groups is 1. The molecule has 0 unspecified atom stereocenters. The fourth-order valence-corrected chi connectivity index (χ4v) is 4.33. The zero-order valence-electron chi connectivity index (χ0n) is 17.7. The molecule has 2 aromatic rings. The molecule has 0 bridgehead atoms. The molecule has 1 spiro atoms. The second-order valence-electron chi connectivity index (χ2n) is 8.45. The first kappa shape index (κ1) is 21.0. The highest BCUT2D eigenvalue weighted by Crippen LogP contribution is 2.32. The van der Waals surface area contributed by atoms with E-state index in [0.717, 1.165) is 35.4 Å². The Balaban J connectivity index is 1.28. The van der Waals surface area contributed by atoms with Gasteiger partial charge >= 0.3 is 6.03 Å². The molecule has 2 N–H and O–H groups in total. The maximum atomic E-state index is 12.8. The normalized spacial score (nSPS) is 17.9. The Hall–Kier alpha value is -3.20. The number of nitrogens with zero attached hydrogens (tertiary/aromatic N) is 4. The van der Waals surface area contributed by atoms with Crippen LogP contribution in [-0.4, -0.2) is 56.7 Å². The number of rotatable bonds is 7. The van der Waals surface area contributed by atoms with Crippen molar-refractivity contribution in [3.05, 3.63) is 53.9 Å². The molecule has 1 aliphatic carbocycles. The minimum atomic E-state index is -0.845. The predicted molar refractivity (Wildman–Crippen MR) is 113 cm³/mol. The number of hydrogen-bond acceptors (Lipinski definition) is 5. The van der Waals surface area contributed by atoms with Crippen LogP contribution in [0.5, 0.6) is 0 Å². The van der Waals surface area contributed by atoms with E-state index in [-0.39, 0.29) is 12.5 Å². The summed E-state index contributed by atoms with van der Waals surface area (Å²) in [5.41, 5.74) is 3.77. The smallest absolute Gasteiger partial charge is 0.322 e. The average molecular weight is 425 g/mol. The van der Waals surface area contributed by atoms with Gasteiger partial charge in [0.05, 0.1) is 19.3 Å². The van der Waals surface area contributed by atoms with Crippen molar-refractivity contribution in [2.75, 3.05) is 13.6 Å². The molecular formula is C22H28N6O3. The number of nitrogens with one attached hydrogen (secondary N) is 2. The van der Waals surface area contributed by atoms with Crippen LogP contribution in [0.3, 0.4) is 0 Å². The first-order chi connectivity index (χ1) is 14.9. The van der Waals surface area contributed by atoms with Gasteiger partial charge in [0.25, 0.3) is 11.8 Å². The van der Waals surface area contributed by atoms with Crippen molar-refractivity contribution >= 4 is 17.8 Å². The molecule has 164 valence electrons.